The van der Waals surface area contributed by atoms with Crippen LogP contribution in [0.1, 0.15) is 66.2 Å². The average molecular weight is 611 g/mol. The number of rotatable bonds is 16. The molecule has 2 bridgehead atoms. The molecule has 220 valence electrons. The zero-order chi connectivity index (χ0) is 28.9. The van der Waals surface area contributed by atoms with E-state index in [-0.39, 0.29) is 35.1 Å². The van der Waals surface area contributed by atoms with E-state index >= 15 is 0 Å². The van der Waals surface area contributed by atoms with Gasteiger partial charge in [-0.3, -0.25) is 14.4 Å². The van der Waals surface area contributed by atoms with E-state index in [1.165, 1.54) is 0 Å². The van der Waals surface area contributed by atoms with E-state index in [2.05, 4.69) is 36.0 Å². The summed E-state index contributed by atoms with van der Waals surface area (Å²) in [4.78, 5) is 47.9. The minimum atomic E-state index is -1.13. The Bertz CT molecular complexity index is 915. The fourth-order valence-corrected chi connectivity index (χ4v) is 7.84. The summed E-state index contributed by atoms with van der Waals surface area (Å²) in [5.74, 6) is -2.09. The molecule has 3 amide bonds. The van der Waals surface area contributed by atoms with E-state index in [9.17, 15) is 19.5 Å². The van der Waals surface area contributed by atoms with Crippen LogP contribution in [0.25, 0.3) is 0 Å². The van der Waals surface area contributed by atoms with Crippen molar-refractivity contribution in [2.75, 3.05) is 32.8 Å². The lowest BCUT2D eigenvalue weighted by Crippen LogP contribution is -2.60. The van der Waals surface area contributed by atoms with Crippen LogP contribution in [0.15, 0.2) is 25.3 Å². The first kappa shape index (κ1) is 31.8. The minimum Gasteiger partial charge on any atom is -0.394 e. The van der Waals surface area contributed by atoms with Crippen molar-refractivity contribution >= 4 is 33.7 Å². The fraction of sp³-hybridized carbons (Fsp3) is 0.767. The quantitative estimate of drug-likeness (QED) is 0.163. The van der Waals surface area contributed by atoms with Gasteiger partial charge in [0.25, 0.3) is 0 Å². The molecule has 39 heavy (non-hydrogen) atoms. The van der Waals surface area contributed by atoms with Crippen LogP contribution in [0, 0.1) is 17.8 Å². The Morgan fingerprint density at radius 2 is 1.77 bits per heavy atom. The zero-order valence-corrected chi connectivity index (χ0v) is 25.8. The molecule has 3 aliphatic rings. The van der Waals surface area contributed by atoms with Crippen molar-refractivity contribution in [1.29, 1.82) is 0 Å². The van der Waals surface area contributed by atoms with Crippen LogP contribution in [0.5, 0.6) is 0 Å². The molecule has 3 saturated heterocycles. The summed E-state index contributed by atoms with van der Waals surface area (Å²) in [6, 6.07) is -1.46. The topological polar surface area (TPSA) is 90.4 Å². The summed E-state index contributed by atoms with van der Waals surface area (Å²) in [5.41, 5.74) is -1.13. The van der Waals surface area contributed by atoms with E-state index in [1.54, 1.807) is 26.9 Å². The van der Waals surface area contributed by atoms with Crippen molar-refractivity contribution < 1.29 is 24.2 Å². The highest BCUT2D eigenvalue weighted by atomic mass is 79.9. The van der Waals surface area contributed by atoms with Gasteiger partial charge in [-0.15, -0.1) is 13.2 Å². The summed E-state index contributed by atoms with van der Waals surface area (Å²) >= 11 is 3.76. The number of nitrogens with zero attached hydrogens (tertiary/aromatic N) is 3. The summed E-state index contributed by atoms with van der Waals surface area (Å²) in [6.45, 7) is 17.4. The number of likely N-dealkylation sites (tertiary alicyclic amines) is 1. The Morgan fingerprint density at radius 3 is 2.31 bits per heavy atom. The first-order valence-electron chi connectivity index (χ1n) is 14.7. The first-order valence-corrected chi connectivity index (χ1v) is 15.6. The predicted octanol–water partition coefficient (Wildman–Crippen LogP) is 3.77. The average Bonchev–Trinajstić information content (AvgIpc) is 3.51. The largest absolute Gasteiger partial charge is 0.394 e. The third-order valence-corrected chi connectivity index (χ3v) is 9.78. The second-order valence-electron chi connectivity index (χ2n) is 11.4. The van der Waals surface area contributed by atoms with Gasteiger partial charge >= 0.3 is 0 Å². The molecule has 0 aromatic carbocycles. The molecule has 8 nitrogen and oxygen atoms in total. The molecular weight excluding hydrogens is 562 g/mol. The number of hydrogen-bond donors (Lipinski definition) is 1. The van der Waals surface area contributed by atoms with Gasteiger partial charge in [0.15, 0.2) is 0 Å². The van der Waals surface area contributed by atoms with E-state index in [0.29, 0.717) is 32.6 Å². The molecule has 3 aliphatic heterocycles. The number of halogens is 1. The second-order valence-corrected chi connectivity index (χ2v) is 12.6. The van der Waals surface area contributed by atoms with Gasteiger partial charge in [-0.2, -0.15) is 0 Å². The van der Waals surface area contributed by atoms with Crippen molar-refractivity contribution in [2.24, 2.45) is 17.8 Å². The Morgan fingerprint density at radius 1 is 1.13 bits per heavy atom. The summed E-state index contributed by atoms with van der Waals surface area (Å²) in [7, 11) is 0. The summed E-state index contributed by atoms with van der Waals surface area (Å²) in [6.07, 6.45) is 7.74. The van der Waals surface area contributed by atoms with Gasteiger partial charge in [0.2, 0.25) is 17.7 Å². The van der Waals surface area contributed by atoms with Crippen molar-refractivity contribution in [2.45, 2.75) is 94.8 Å². The highest BCUT2D eigenvalue weighted by Crippen LogP contribution is 2.61. The molecule has 0 aromatic rings. The fourth-order valence-electron chi connectivity index (χ4n) is 6.90. The SMILES string of the molecule is C=CCN(CCCCC)C(=O)C1N([C@@H](CO)[C@@H](C)CC)C(=O)[C@@H]2[C@H](C(=O)N(CC=C)CCC)[C@H]3OC12CC3Br. The lowest BCUT2D eigenvalue weighted by molar-refractivity contribution is -0.153. The molecule has 0 radical (unpaired) electrons. The zero-order valence-electron chi connectivity index (χ0n) is 24.2. The molecule has 3 unspecified atom stereocenters. The van der Waals surface area contributed by atoms with Gasteiger partial charge in [0.1, 0.15) is 11.6 Å². The van der Waals surface area contributed by atoms with Crippen molar-refractivity contribution in [3.63, 3.8) is 0 Å². The molecule has 3 fully saturated rings. The van der Waals surface area contributed by atoms with Crippen LogP contribution in [0.4, 0.5) is 0 Å². The monoisotopic (exact) mass is 609 g/mol. The van der Waals surface area contributed by atoms with Crippen LogP contribution in [0.2, 0.25) is 0 Å². The number of aliphatic hydroxyl groups excluding tert-OH is 1. The number of alkyl halides is 1. The number of carbonyl (C=O) groups is 3. The standard InChI is InChI=1S/C30H48BrN3O5/c1-7-12-13-17-33(16-10-4)29(38)26-30-18-21(31)25(39-30)23(27(36)32(14-8-2)15-9-3)24(30)28(37)34(26)22(19-35)20(6)11-5/h8,10,20-26,35H,2,4,7,9,11-19H2,1,3,5-6H3/t20-,21?,22-,23-,24-,25-,26?,30?/m0/s1. The van der Waals surface area contributed by atoms with E-state index in [0.717, 1.165) is 32.1 Å². The van der Waals surface area contributed by atoms with Crippen LogP contribution < -0.4 is 0 Å². The second kappa shape index (κ2) is 13.8. The van der Waals surface area contributed by atoms with Gasteiger partial charge in [0.05, 0.1) is 30.6 Å². The number of ether oxygens (including phenoxy) is 1. The first-order chi connectivity index (χ1) is 18.7. The van der Waals surface area contributed by atoms with Gasteiger partial charge in [0, 0.05) is 31.0 Å². The van der Waals surface area contributed by atoms with Crippen molar-refractivity contribution in [1.82, 2.24) is 14.7 Å². The van der Waals surface area contributed by atoms with Gasteiger partial charge in [-0.05, 0) is 25.2 Å². The normalized spacial score (nSPS) is 30.7. The molecule has 3 rings (SSSR count). The van der Waals surface area contributed by atoms with E-state index < -0.39 is 35.6 Å². The van der Waals surface area contributed by atoms with Crippen LogP contribution in [0.3, 0.4) is 0 Å². The van der Waals surface area contributed by atoms with Gasteiger partial charge < -0.3 is 24.5 Å². The molecule has 0 saturated carbocycles. The maximum Gasteiger partial charge on any atom is 0.248 e. The molecule has 1 spiro atoms. The lowest BCUT2D eigenvalue weighted by Gasteiger charge is -2.41. The molecule has 0 aromatic heterocycles. The number of unbranched alkanes of at least 4 members (excludes halogenated alkanes) is 2. The highest BCUT2D eigenvalue weighted by Gasteiger charge is 2.77. The Balaban J connectivity index is 2.12. The smallest absolute Gasteiger partial charge is 0.248 e. The van der Waals surface area contributed by atoms with Crippen LogP contribution in [-0.4, -0.2) is 98.9 Å². The number of hydrogen-bond acceptors (Lipinski definition) is 5. The number of amides is 3. The van der Waals surface area contributed by atoms with Crippen LogP contribution in [-0.2, 0) is 19.1 Å². The number of fused-ring (bicyclic) bond motifs is 1. The predicted molar refractivity (Wildman–Crippen MR) is 156 cm³/mol. The maximum atomic E-state index is 14.5. The third-order valence-electron chi connectivity index (χ3n) is 8.94. The lowest BCUT2D eigenvalue weighted by atomic mass is 9.70. The molecule has 9 heteroatoms. The number of carbonyl (C=O) groups excluding carboxylic acids is 3. The third kappa shape index (κ3) is 5.73. The van der Waals surface area contributed by atoms with E-state index in [4.69, 9.17) is 4.74 Å². The van der Waals surface area contributed by atoms with Crippen molar-refractivity contribution in [3.05, 3.63) is 25.3 Å². The Kier molecular flexibility index (Phi) is 11.2. The Hall–Kier alpha value is -1.71. The highest BCUT2D eigenvalue weighted by molar-refractivity contribution is 9.09. The molecule has 0 aliphatic carbocycles. The van der Waals surface area contributed by atoms with Crippen molar-refractivity contribution in [3.8, 4) is 0 Å². The molecule has 1 N–H and O–H groups in total. The van der Waals surface area contributed by atoms with Gasteiger partial charge in [-0.25, -0.2) is 0 Å². The van der Waals surface area contributed by atoms with E-state index in [1.807, 2.05) is 20.8 Å². The summed E-state index contributed by atoms with van der Waals surface area (Å²) in [5, 5.41) is 10.5. The van der Waals surface area contributed by atoms with Gasteiger partial charge in [-0.1, -0.05) is 75.0 Å². The Labute approximate surface area is 242 Å². The maximum absolute atomic E-state index is 14.5. The summed E-state index contributed by atoms with van der Waals surface area (Å²) < 4.78 is 6.70. The molecular formula is C30H48BrN3O5. The minimum absolute atomic E-state index is 0.0408. The number of aliphatic hydroxyl groups is 1. The molecule has 3 heterocycles. The van der Waals surface area contributed by atoms with Crippen LogP contribution >= 0.6 is 15.9 Å². The molecule has 8 atom stereocenters.